The molecule has 0 aliphatic rings. The summed E-state index contributed by atoms with van der Waals surface area (Å²) in [4.78, 5) is 29.7. The first-order valence-electron chi connectivity index (χ1n) is 5.96. The molecule has 108 valence electrons. The second-order valence-electron chi connectivity index (χ2n) is 4.16. The van der Waals surface area contributed by atoms with E-state index in [0.29, 0.717) is 22.4 Å². The molecule has 8 heteroatoms. The zero-order chi connectivity index (χ0) is 15.4. The van der Waals surface area contributed by atoms with Crippen molar-refractivity contribution in [3.05, 3.63) is 30.6 Å². The SMILES string of the molecule is CC(=O)C=O.Cn1ncnc1-c1ncc(F)c2cc[nH]c12. The van der Waals surface area contributed by atoms with E-state index in [0.717, 1.165) is 0 Å². The van der Waals surface area contributed by atoms with Crippen LogP contribution in [0.2, 0.25) is 0 Å². The molecule has 0 aliphatic carbocycles. The Bertz CT molecular complexity index is 793. The number of aryl methyl sites for hydroxylation is 1. The van der Waals surface area contributed by atoms with Crippen molar-refractivity contribution < 1.29 is 14.0 Å². The van der Waals surface area contributed by atoms with E-state index in [9.17, 15) is 9.18 Å². The van der Waals surface area contributed by atoms with Crippen molar-refractivity contribution in [3.8, 4) is 11.5 Å². The van der Waals surface area contributed by atoms with Gasteiger partial charge in [-0.15, -0.1) is 0 Å². The fourth-order valence-corrected chi connectivity index (χ4v) is 1.70. The fourth-order valence-electron chi connectivity index (χ4n) is 1.70. The molecule has 3 aromatic rings. The molecule has 0 amide bonds. The normalized spacial score (nSPS) is 10.0. The van der Waals surface area contributed by atoms with Gasteiger partial charge in [0.25, 0.3) is 0 Å². The summed E-state index contributed by atoms with van der Waals surface area (Å²) in [6.07, 6.45) is 4.59. The van der Waals surface area contributed by atoms with Gasteiger partial charge in [-0.1, -0.05) is 0 Å². The number of hydrogen-bond acceptors (Lipinski definition) is 5. The molecule has 0 saturated carbocycles. The number of aldehydes is 1. The van der Waals surface area contributed by atoms with Crippen LogP contribution in [-0.4, -0.2) is 36.8 Å². The summed E-state index contributed by atoms with van der Waals surface area (Å²) in [5.41, 5.74) is 1.23. The maximum Gasteiger partial charge on any atom is 0.192 e. The minimum atomic E-state index is -0.426. The fraction of sp³-hybridized carbons (Fsp3) is 0.154. The van der Waals surface area contributed by atoms with Crippen LogP contribution in [0.25, 0.3) is 22.4 Å². The van der Waals surface area contributed by atoms with E-state index < -0.39 is 5.78 Å². The number of ketones is 1. The lowest BCUT2D eigenvalue weighted by molar-refractivity contribution is -0.128. The van der Waals surface area contributed by atoms with E-state index in [2.05, 4.69) is 20.1 Å². The number of halogens is 1. The molecule has 3 heterocycles. The predicted molar refractivity (Wildman–Crippen MR) is 72.8 cm³/mol. The van der Waals surface area contributed by atoms with Crippen molar-refractivity contribution >= 4 is 23.0 Å². The molecule has 0 spiro atoms. The van der Waals surface area contributed by atoms with E-state index in [4.69, 9.17) is 4.79 Å². The van der Waals surface area contributed by atoms with Crippen LogP contribution >= 0.6 is 0 Å². The average Bonchev–Trinajstić information content (AvgIpc) is 3.10. The van der Waals surface area contributed by atoms with Gasteiger partial charge in [-0.25, -0.2) is 19.0 Å². The average molecular weight is 289 g/mol. The number of rotatable bonds is 2. The van der Waals surface area contributed by atoms with Gasteiger partial charge in [0.2, 0.25) is 0 Å². The van der Waals surface area contributed by atoms with Crippen molar-refractivity contribution in [1.82, 2.24) is 24.7 Å². The Hall–Kier alpha value is -2.90. The van der Waals surface area contributed by atoms with Gasteiger partial charge in [-0.3, -0.25) is 9.59 Å². The topological polar surface area (TPSA) is 93.5 Å². The van der Waals surface area contributed by atoms with Crippen LogP contribution in [-0.2, 0) is 16.6 Å². The zero-order valence-electron chi connectivity index (χ0n) is 11.4. The van der Waals surface area contributed by atoms with Gasteiger partial charge in [0.05, 0.1) is 11.7 Å². The van der Waals surface area contributed by atoms with Gasteiger partial charge in [0.15, 0.2) is 23.7 Å². The number of fused-ring (bicyclic) bond motifs is 1. The highest BCUT2D eigenvalue weighted by Crippen LogP contribution is 2.24. The predicted octanol–water partition coefficient (Wildman–Crippen LogP) is 1.27. The van der Waals surface area contributed by atoms with Gasteiger partial charge in [-0.2, -0.15) is 5.10 Å². The number of carbonyl (C=O) groups excluding carboxylic acids is 2. The van der Waals surface area contributed by atoms with Crippen molar-refractivity contribution in [2.45, 2.75) is 6.92 Å². The number of hydrogen-bond donors (Lipinski definition) is 1. The molecule has 7 nitrogen and oxygen atoms in total. The van der Waals surface area contributed by atoms with Gasteiger partial charge >= 0.3 is 0 Å². The third kappa shape index (κ3) is 2.99. The second kappa shape index (κ2) is 6.04. The number of H-pyrrole nitrogens is 1. The van der Waals surface area contributed by atoms with Crippen molar-refractivity contribution in [3.63, 3.8) is 0 Å². The van der Waals surface area contributed by atoms with Crippen molar-refractivity contribution in [2.75, 3.05) is 0 Å². The standard InChI is InChI=1S/C10H8FN5.C3H4O2/c1-16-10(14-5-15-16)9-8-6(2-3-12-8)7(11)4-13-9;1-3(5)2-4/h2-5,12H,1H3;2H,1H3. The highest BCUT2D eigenvalue weighted by atomic mass is 19.1. The first-order chi connectivity index (χ1) is 10.0. The highest BCUT2D eigenvalue weighted by molar-refractivity contribution is 6.23. The second-order valence-corrected chi connectivity index (χ2v) is 4.16. The van der Waals surface area contributed by atoms with Crippen LogP contribution in [0, 0.1) is 5.82 Å². The molecule has 3 aromatic heterocycles. The Morgan fingerprint density at radius 1 is 1.43 bits per heavy atom. The maximum absolute atomic E-state index is 13.4. The number of aromatic nitrogens is 5. The van der Waals surface area contributed by atoms with Gasteiger partial charge in [0.1, 0.15) is 12.0 Å². The largest absolute Gasteiger partial charge is 0.359 e. The number of nitrogens with one attached hydrogen (secondary N) is 1. The summed E-state index contributed by atoms with van der Waals surface area (Å²) in [7, 11) is 1.77. The Labute approximate surface area is 118 Å². The Kier molecular flexibility index (Phi) is 4.17. The van der Waals surface area contributed by atoms with Crippen LogP contribution in [0.1, 0.15) is 6.92 Å². The summed E-state index contributed by atoms with van der Waals surface area (Å²) < 4.78 is 15.0. The minimum absolute atomic E-state index is 0.278. The highest BCUT2D eigenvalue weighted by Gasteiger charge is 2.13. The van der Waals surface area contributed by atoms with Crippen molar-refractivity contribution in [2.24, 2.45) is 7.05 Å². The summed E-state index contributed by atoms with van der Waals surface area (Å²) >= 11 is 0. The monoisotopic (exact) mass is 289 g/mol. The van der Waals surface area contributed by atoms with Crippen LogP contribution in [0.3, 0.4) is 0 Å². The van der Waals surface area contributed by atoms with Crippen LogP contribution in [0.15, 0.2) is 24.8 Å². The Balaban J connectivity index is 0.000000282. The lowest BCUT2D eigenvalue weighted by atomic mass is 10.2. The molecule has 3 rings (SSSR count). The summed E-state index contributed by atoms with van der Waals surface area (Å²) in [6.45, 7) is 1.22. The molecule has 0 unspecified atom stereocenters. The van der Waals surface area contributed by atoms with E-state index in [1.807, 2.05) is 0 Å². The molecule has 0 radical (unpaired) electrons. The van der Waals surface area contributed by atoms with Gasteiger partial charge < -0.3 is 4.98 Å². The van der Waals surface area contributed by atoms with E-state index in [-0.39, 0.29) is 12.1 Å². The van der Waals surface area contributed by atoms with E-state index >= 15 is 0 Å². The quantitative estimate of drug-likeness (QED) is 0.566. The van der Waals surface area contributed by atoms with E-state index in [1.165, 1.54) is 19.4 Å². The molecule has 0 fully saturated rings. The number of Topliss-reactive ketones (excluding diaryl/α,β-unsaturated/α-hetero) is 1. The molecule has 0 aliphatic heterocycles. The molecule has 1 N–H and O–H groups in total. The summed E-state index contributed by atoms with van der Waals surface area (Å²) in [6, 6.07) is 1.67. The number of carbonyl (C=O) groups is 2. The van der Waals surface area contributed by atoms with E-state index in [1.54, 1.807) is 24.0 Å². The minimum Gasteiger partial charge on any atom is -0.359 e. The molecular weight excluding hydrogens is 277 g/mol. The Morgan fingerprint density at radius 3 is 2.71 bits per heavy atom. The number of pyridine rings is 1. The Morgan fingerprint density at radius 2 is 2.14 bits per heavy atom. The summed E-state index contributed by atoms with van der Waals surface area (Å²) in [5.74, 6) is -0.167. The first kappa shape index (κ1) is 14.5. The molecular formula is C13H12FN5O2. The lowest BCUT2D eigenvalue weighted by Gasteiger charge is -2.01. The van der Waals surface area contributed by atoms with Crippen LogP contribution in [0.4, 0.5) is 4.39 Å². The zero-order valence-corrected chi connectivity index (χ0v) is 11.4. The summed E-state index contributed by atoms with van der Waals surface area (Å²) in [5, 5.41) is 4.47. The molecule has 0 atom stereocenters. The third-order valence-corrected chi connectivity index (χ3v) is 2.64. The van der Waals surface area contributed by atoms with Gasteiger partial charge in [0, 0.05) is 25.6 Å². The lowest BCUT2D eigenvalue weighted by Crippen LogP contribution is -1.97. The van der Waals surface area contributed by atoms with Gasteiger partial charge in [-0.05, 0) is 6.07 Å². The maximum atomic E-state index is 13.4. The first-order valence-corrected chi connectivity index (χ1v) is 5.96. The number of nitrogens with zero attached hydrogens (tertiary/aromatic N) is 4. The molecule has 0 aromatic carbocycles. The molecule has 21 heavy (non-hydrogen) atoms. The molecule has 0 bridgehead atoms. The van der Waals surface area contributed by atoms with Crippen LogP contribution < -0.4 is 0 Å². The van der Waals surface area contributed by atoms with Crippen LogP contribution in [0.5, 0.6) is 0 Å². The number of aromatic amines is 1. The smallest absolute Gasteiger partial charge is 0.192 e. The molecule has 0 saturated heterocycles. The third-order valence-electron chi connectivity index (χ3n) is 2.64. The van der Waals surface area contributed by atoms with Crippen molar-refractivity contribution in [1.29, 1.82) is 0 Å².